The van der Waals surface area contributed by atoms with Crippen molar-refractivity contribution in [3.8, 4) is 0 Å². The van der Waals surface area contributed by atoms with Crippen LogP contribution in [0.15, 0.2) is 24.3 Å². The van der Waals surface area contributed by atoms with Gasteiger partial charge in [-0.2, -0.15) is 0 Å². The first kappa shape index (κ1) is 15.3. The molecule has 102 valence electrons. The largest absolute Gasteiger partial charge is 0.314 e. The summed E-state index contributed by atoms with van der Waals surface area (Å²) in [6, 6.07) is 6.51. The number of nitrogens with one attached hydrogen (secondary N) is 1. The van der Waals surface area contributed by atoms with Crippen LogP contribution < -0.4 is 5.32 Å². The average molecular weight is 277 g/mol. The van der Waals surface area contributed by atoms with E-state index in [-0.39, 0.29) is 30.9 Å². The maximum absolute atomic E-state index is 13.2. The summed E-state index contributed by atoms with van der Waals surface area (Å²) >= 11 is 0. The highest BCUT2D eigenvalue weighted by Crippen LogP contribution is 2.25. The Bertz CT molecular complexity index is 357. The molecule has 1 N–H and O–H groups in total. The topological polar surface area (TPSA) is 15.3 Å². The molecule has 1 aromatic rings. The molecule has 18 heavy (non-hydrogen) atoms. The lowest BCUT2D eigenvalue weighted by atomic mass is 10.0. The first-order valence-corrected chi connectivity index (χ1v) is 6.07. The van der Waals surface area contributed by atoms with Gasteiger partial charge in [0.1, 0.15) is 5.82 Å². The molecule has 2 nitrogen and oxygen atoms in total. The van der Waals surface area contributed by atoms with E-state index < -0.39 is 0 Å². The van der Waals surface area contributed by atoms with Gasteiger partial charge in [0.25, 0.3) is 0 Å². The molecule has 2 rings (SSSR count). The van der Waals surface area contributed by atoms with Crippen LogP contribution in [-0.4, -0.2) is 37.8 Å². The number of benzene rings is 1. The summed E-state index contributed by atoms with van der Waals surface area (Å²) in [5.74, 6) is -0.249. The Balaban J connectivity index is 0.00000162. The zero-order chi connectivity index (χ0) is 12.1. The SMILES string of the molecule is Cl.FCC[C@H](c1cccc(F)c1)N1CCNCC1. The first-order chi connectivity index (χ1) is 8.31. The van der Waals surface area contributed by atoms with E-state index in [9.17, 15) is 8.78 Å². The van der Waals surface area contributed by atoms with Crippen molar-refractivity contribution in [1.29, 1.82) is 0 Å². The van der Waals surface area contributed by atoms with Crippen LogP contribution in [0.4, 0.5) is 8.78 Å². The van der Waals surface area contributed by atoms with Crippen LogP contribution in [0.1, 0.15) is 18.0 Å². The molecule has 0 aromatic heterocycles. The van der Waals surface area contributed by atoms with Crippen molar-refractivity contribution in [2.45, 2.75) is 12.5 Å². The van der Waals surface area contributed by atoms with Crippen molar-refractivity contribution >= 4 is 12.4 Å². The third-order valence-electron chi connectivity index (χ3n) is 3.21. The molecule has 0 saturated carbocycles. The van der Waals surface area contributed by atoms with Crippen LogP contribution >= 0.6 is 12.4 Å². The van der Waals surface area contributed by atoms with Crippen molar-refractivity contribution in [2.24, 2.45) is 0 Å². The van der Waals surface area contributed by atoms with Crippen molar-refractivity contribution in [1.82, 2.24) is 10.2 Å². The predicted octanol–water partition coefficient (Wildman–Crippen LogP) is 2.55. The normalized spacial score (nSPS) is 18.1. The van der Waals surface area contributed by atoms with Gasteiger partial charge in [0.15, 0.2) is 0 Å². The quantitative estimate of drug-likeness (QED) is 0.909. The Morgan fingerprint density at radius 2 is 2.00 bits per heavy atom. The van der Waals surface area contributed by atoms with Gasteiger partial charge in [-0.3, -0.25) is 9.29 Å². The van der Waals surface area contributed by atoms with Gasteiger partial charge in [0, 0.05) is 32.2 Å². The molecular weight excluding hydrogens is 258 g/mol. The molecule has 0 spiro atoms. The molecule has 1 heterocycles. The standard InChI is InChI=1S/C13H18F2N2.ClH/c14-5-4-13(17-8-6-16-7-9-17)11-2-1-3-12(15)10-11;/h1-3,10,13,16H,4-9H2;1H/t13-;/m1./s1. The highest BCUT2D eigenvalue weighted by Gasteiger charge is 2.21. The number of halogens is 3. The maximum atomic E-state index is 13.2. The first-order valence-electron chi connectivity index (χ1n) is 6.07. The third kappa shape index (κ3) is 3.90. The fourth-order valence-electron chi connectivity index (χ4n) is 2.37. The van der Waals surface area contributed by atoms with E-state index in [2.05, 4.69) is 10.2 Å². The molecule has 0 amide bonds. The molecule has 1 atom stereocenters. The molecule has 1 saturated heterocycles. The molecule has 0 unspecified atom stereocenters. The van der Waals surface area contributed by atoms with E-state index >= 15 is 0 Å². The summed E-state index contributed by atoms with van der Waals surface area (Å²) in [6.07, 6.45) is 0.434. The molecule has 1 aliphatic heterocycles. The molecule has 0 aliphatic carbocycles. The molecule has 5 heteroatoms. The van der Waals surface area contributed by atoms with Gasteiger partial charge in [0.05, 0.1) is 6.67 Å². The third-order valence-corrected chi connectivity index (χ3v) is 3.21. The number of rotatable bonds is 4. The Kier molecular flexibility index (Phi) is 6.54. The Hall–Kier alpha value is -0.710. The lowest BCUT2D eigenvalue weighted by Gasteiger charge is -2.34. The van der Waals surface area contributed by atoms with Crippen molar-refractivity contribution < 1.29 is 8.78 Å². The van der Waals surface area contributed by atoms with E-state index in [0.717, 1.165) is 31.7 Å². The van der Waals surface area contributed by atoms with E-state index in [1.807, 2.05) is 6.07 Å². The second-order valence-corrected chi connectivity index (χ2v) is 4.33. The summed E-state index contributed by atoms with van der Waals surface area (Å²) in [4.78, 5) is 2.23. The second-order valence-electron chi connectivity index (χ2n) is 4.33. The number of piperazine rings is 1. The van der Waals surface area contributed by atoms with Crippen LogP contribution in [0.5, 0.6) is 0 Å². The Morgan fingerprint density at radius 1 is 1.28 bits per heavy atom. The fourth-order valence-corrected chi connectivity index (χ4v) is 2.37. The van der Waals surface area contributed by atoms with Gasteiger partial charge in [0.2, 0.25) is 0 Å². The monoisotopic (exact) mass is 276 g/mol. The summed E-state index contributed by atoms with van der Waals surface area (Å²) in [5.41, 5.74) is 0.879. The number of hydrogen-bond donors (Lipinski definition) is 1. The lowest BCUT2D eigenvalue weighted by Crippen LogP contribution is -2.45. The Morgan fingerprint density at radius 3 is 2.61 bits per heavy atom. The zero-order valence-electron chi connectivity index (χ0n) is 10.2. The summed E-state index contributed by atoms with van der Waals surface area (Å²) in [7, 11) is 0. The number of hydrogen-bond acceptors (Lipinski definition) is 2. The summed E-state index contributed by atoms with van der Waals surface area (Å²) < 4.78 is 25.9. The zero-order valence-corrected chi connectivity index (χ0v) is 11.1. The van der Waals surface area contributed by atoms with Gasteiger partial charge in [-0.25, -0.2) is 4.39 Å². The minimum Gasteiger partial charge on any atom is -0.314 e. The minimum absolute atomic E-state index is 0. The lowest BCUT2D eigenvalue weighted by molar-refractivity contribution is 0.157. The summed E-state index contributed by atoms with van der Waals surface area (Å²) in [6.45, 7) is 3.24. The molecule has 0 radical (unpaired) electrons. The summed E-state index contributed by atoms with van der Waals surface area (Å²) in [5, 5.41) is 3.27. The van der Waals surface area contributed by atoms with Crippen molar-refractivity contribution in [3.05, 3.63) is 35.6 Å². The van der Waals surface area contributed by atoms with E-state index in [1.54, 1.807) is 6.07 Å². The van der Waals surface area contributed by atoms with Gasteiger partial charge in [-0.15, -0.1) is 12.4 Å². The molecule has 1 aliphatic rings. The van der Waals surface area contributed by atoms with Crippen molar-refractivity contribution in [2.75, 3.05) is 32.9 Å². The van der Waals surface area contributed by atoms with Crippen LogP contribution in [0.25, 0.3) is 0 Å². The van der Waals surface area contributed by atoms with Gasteiger partial charge in [-0.05, 0) is 24.1 Å². The number of nitrogens with zero attached hydrogens (tertiary/aromatic N) is 1. The molecule has 1 fully saturated rings. The minimum atomic E-state index is -0.370. The van der Waals surface area contributed by atoms with Crippen LogP contribution in [0.3, 0.4) is 0 Å². The van der Waals surface area contributed by atoms with Crippen LogP contribution in [0.2, 0.25) is 0 Å². The molecule has 0 bridgehead atoms. The number of alkyl halides is 1. The van der Waals surface area contributed by atoms with E-state index in [1.165, 1.54) is 12.1 Å². The Labute approximate surface area is 113 Å². The van der Waals surface area contributed by atoms with Crippen LogP contribution in [-0.2, 0) is 0 Å². The van der Waals surface area contributed by atoms with Gasteiger partial charge < -0.3 is 5.32 Å². The fraction of sp³-hybridized carbons (Fsp3) is 0.538. The van der Waals surface area contributed by atoms with Crippen molar-refractivity contribution in [3.63, 3.8) is 0 Å². The highest BCUT2D eigenvalue weighted by molar-refractivity contribution is 5.85. The molecular formula is C13H19ClF2N2. The van der Waals surface area contributed by atoms with E-state index in [4.69, 9.17) is 0 Å². The highest BCUT2D eigenvalue weighted by atomic mass is 35.5. The second kappa shape index (κ2) is 7.67. The predicted molar refractivity (Wildman–Crippen MR) is 71.4 cm³/mol. The van der Waals surface area contributed by atoms with Crippen LogP contribution in [0, 0.1) is 5.82 Å². The van der Waals surface area contributed by atoms with Gasteiger partial charge >= 0.3 is 0 Å². The maximum Gasteiger partial charge on any atom is 0.123 e. The smallest absolute Gasteiger partial charge is 0.123 e. The van der Waals surface area contributed by atoms with Gasteiger partial charge in [-0.1, -0.05) is 12.1 Å². The van der Waals surface area contributed by atoms with E-state index in [0.29, 0.717) is 6.42 Å². The molecule has 1 aromatic carbocycles. The average Bonchev–Trinajstić information content (AvgIpc) is 2.37.